The van der Waals surface area contributed by atoms with E-state index in [0.717, 1.165) is 5.70 Å². The second-order valence-electron chi connectivity index (χ2n) is 1.32. The molecule has 68 valence electrons. The third-order valence-electron chi connectivity index (χ3n) is 0.763. The molecule has 0 saturated heterocycles. The molecule has 0 heterocycles. The van der Waals surface area contributed by atoms with Crippen LogP contribution in [0.1, 0.15) is 41.5 Å². The third kappa shape index (κ3) is 26.8. The minimum Gasteiger partial charge on any atom is -0.366 e. The van der Waals surface area contributed by atoms with Crippen LogP contribution >= 0.6 is 0 Å². The van der Waals surface area contributed by atoms with Gasteiger partial charge in [0.15, 0.2) is 0 Å². The Balaban J connectivity index is -0.000000138. The van der Waals surface area contributed by atoms with Gasteiger partial charge >= 0.3 is 0 Å². The molecule has 0 amide bonds. The van der Waals surface area contributed by atoms with E-state index >= 15 is 0 Å². The van der Waals surface area contributed by atoms with Crippen LogP contribution in [0.4, 0.5) is 0 Å². The highest BCUT2D eigenvalue weighted by Crippen LogP contribution is 1.81. The lowest BCUT2D eigenvalue weighted by molar-refractivity contribution is 1.06. The minimum atomic E-state index is 1.13. The first-order valence-electron chi connectivity index (χ1n) is 4.31. The first kappa shape index (κ1) is 16.7. The lowest BCUT2D eigenvalue weighted by Crippen LogP contribution is -1.97. The van der Waals surface area contributed by atoms with E-state index in [9.17, 15) is 0 Å². The second-order valence-corrected chi connectivity index (χ2v) is 1.32. The molecule has 1 N–H and O–H groups in total. The Morgan fingerprint density at radius 1 is 1.18 bits per heavy atom. The summed E-state index contributed by atoms with van der Waals surface area (Å²) in [6.45, 7) is 15.5. The second kappa shape index (κ2) is 22.8. The molecular weight excluding hydrogens is 134 g/mol. The highest BCUT2D eigenvalue weighted by atomic mass is 14.8. The first-order chi connectivity index (χ1) is 5.31. The highest BCUT2D eigenvalue weighted by Gasteiger charge is 1.72. The molecule has 0 unspecified atom stereocenters. The first-order valence-corrected chi connectivity index (χ1v) is 4.31. The van der Waals surface area contributed by atoms with E-state index < -0.39 is 0 Å². The highest BCUT2D eigenvalue weighted by molar-refractivity contribution is 4.95. The van der Waals surface area contributed by atoms with Gasteiger partial charge < -0.3 is 5.32 Å². The van der Waals surface area contributed by atoms with Crippen molar-refractivity contribution in [3.05, 3.63) is 24.6 Å². The molecule has 0 saturated carbocycles. The third-order valence-corrected chi connectivity index (χ3v) is 0.763. The van der Waals surface area contributed by atoms with E-state index in [0.29, 0.717) is 0 Å². The maximum atomic E-state index is 3.50. The molecule has 1 heteroatoms. The summed E-state index contributed by atoms with van der Waals surface area (Å²) < 4.78 is 0. The fraction of sp³-hybridized carbons (Fsp3) is 0.600. The van der Waals surface area contributed by atoms with Crippen molar-refractivity contribution >= 4 is 0 Å². The van der Waals surface area contributed by atoms with Gasteiger partial charge in [-0.05, 0) is 20.0 Å². The van der Waals surface area contributed by atoms with Gasteiger partial charge in [-0.2, -0.15) is 0 Å². The van der Waals surface area contributed by atoms with Crippen molar-refractivity contribution in [1.29, 1.82) is 0 Å². The zero-order valence-electron chi connectivity index (χ0n) is 8.86. The van der Waals surface area contributed by atoms with Gasteiger partial charge in [0.1, 0.15) is 0 Å². The van der Waals surface area contributed by atoms with Crippen LogP contribution in [-0.2, 0) is 0 Å². The summed E-state index contributed by atoms with van der Waals surface area (Å²) in [5, 5.41) is 2.92. The van der Waals surface area contributed by atoms with E-state index in [4.69, 9.17) is 0 Å². The van der Waals surface area contributed by atoms with E-state index in [1.165, 1.54) is 0 Å². The number of allylic oxidation sites excluding steroid dienone is 2. The average Bonchev–Trinajstić information content (AvgIpc) is 2.12. The molecule has 11 heavy (non-hydrogen) atoms. The van der Waals surface area contributed by atoms with Crippen molar-refractivity contribution in [2.45, 2.75) is 41.5 Å². The molecule has 0 bridgehead atoms. The average molecular weight is 157 g/mol. The van der Waals surface area contributed by atoms with Crippen molar-refractivity contribution in [2.24, 2.45) is 0 Å². The van der Waals surface area contributed by atoms with Crippen LogP contribution in [-0.4, -0.2) is 0 Å². The van der Waals surface area contributed by atoms with Gasteiger partial charge in [0.2, 0.25) is 0 Å². The fourth-order valence-electron chi connectivity index (χ4n) is 0.244. The van der Waals surface area contributed by atoms with Crippen molar-refractivity contribution in [3.63, 3.8) is 0 Å². The van der Waals surface area contributed by atoms with Crippen LogP contribution in [0.25, 0.3) is 0 Å². The fourth-order valence-corrected chi connectivity index (χ4v) is 0.244. The predicted molar refractivity (Wildman–Crippen MR) is 55.5 cm³/mol. The van der Waals surface area contributed by atoms with E-state index in [2.05, 4.69) is 11.9 Å². The van der Waals surface area contributed by atoms with Gasteiger partial charge in [0, 0.05) is 5.70 Å². The summed E-state index contributed by atoms with van der Waals surface area (Å²) in [6.07, 6.45) is 3.65. The lowest BCUT2D eigenvalue weighted by Gasteiger charge is -1.93. The Labute approximate surface area is 72.2 Å². The molecule has 0 spiro atoms. The summed E-state index contributed by atoms with van der Waals surface area (Å²) in [5.41, 5.74) is 1.13. The number of nitrogens with one attached hydrogen (secondary N) is 1. The monoisotopic (exact) mass is 157 g/mol. The molecule has 0 rings (SSSR count). The van der Waals surface area contributed by atoms with Crippen molar-refractivity contribution in [3.8, 4) is 0 Å². The number of rotatable bonds is 2. The molecule has 0 aliphatic carbocycles. The molecule has 0 fully saturated rings. The van der Waals surface area contributed by atoms with Crippen LogP contribution in [0.2, 0.25) is 0 Å². The summed E-state index contributed by atoms with van der Waals surface area (Å²) in [5.74, 6) is 0. The van der Waals surface area contributed by atoms with Crippen LogP contribution < -0.4 is 5.32 Å². The van der Waals surface area contributed by atoms with Gasteiger partial charge in [0.05, 0.1) is 0 Å². The SMILES string of the molecule is C=CN/C(C)=C\C.CC.CC. The van der Waals surface area contributed by atoms with Crippen LogP contribution in [0.3, 0.4) is 0 Å². The van der Waals surface area contributed by atoms with Crippen molar-refractivity contribution < 1.29 is 0 Å². The molecule has 0 aromatic rings. The van der Waals surface area contributed by atoms with E-state index in [-0.39, 0.29) is 0 Å². The molecule has 0 aromatic carbocycles. The summed E-state index contributed by atoms with van der Waals surface area (Å²) in [7, 11) is 0. The molecule has 0 atom stereocenters. The minimum absolute atomic E-state index is 1.13. The summed E-state index contributed by atoms with van der Waals surface area (Å²) >= 11 is 0. The predicted octanol–water partition coefficient (Wildman–Crippen LogP) is 3.70. The molecule has 0 aromatic heterocycles. The van der Waals surface area contributed by atoms with Gasteiger partial charge in [-0.1, -0.05) is 40.3 Å². The maximum absolute atomic E-state index is 3.50. The van der Waals surface area contributed by atoms with Gasteiger partial charge in [-0.25, -0.2) is 0 Å². The Hall–Kier alpha value is -0.720. The largest absolute Gasteiger partial charge is 0.366 e. The standard InChI is InChI=1S/C6H11N.2C2H6/c1-4-6(3)7-5-2;2*1-2/h4-5,7H,2H2,1,3H3;2*1-2H3/b6-4-;;. The Kier molecular flexibility index (Phi) is 34.7. The molecule has 0 aliphatic rings. The molecule has 1 nitrogen and oxygen atoms in total. The van der Waals surface area contributed by atoms with Crippen molar-refractivity contribution in [1.82, 2.24) is 5.32 Å². The van der Waals surface area contributed by atoms with Crippen LogP contribution in [0.5, 0.6) is 0 Å². The smallest absolute Gasteiger partial charge is 0.00712 e. The van der Waals surface area contributed by atoms with Gasteiger partial charge in [-0.3, -0.25) is 0 Å². The van der Waals surface area contributed by atoms with Crippen LogP contribution in [0.15, 0.2) is 24.6 Å². The van der Waals surface area contributed by atoms with Crippen LogP contribution in [0, 0.1) is 0 Å². The number of hydrogen-bond donors (Lipinski definition) is 1. The zero-order chi connectivity index (χ0) is 9.70. The topological polar surface area (TPSA) is 12.0 Å². The quantitative estimate of drug-likeness (QED) is 0.644. The normalized spacial score (nSPS) is 8.00. The molecule has 0 radical (unpaired) electrons. The summed E-state index contributed by atoms with van der Waals surface area (Å²) in [6, 6.07) is 0. The number of hydrogen-bond acceptors (Lipinski definition) is 1. The summed E-state index contributed by atoms with van der Waals surface area (Å²) in [4.78, 5) is 0. The van der Waals surface area contributed by atoms with E-state index in [1.54, 1.807) is 6.20 Å². The van der Waals surface area contributed by atoms with Gasteiger partial charge in [-0.15, -0.1) is 0 Å². The van der Waals surface area contributed by atoms with Crippen molar-refractivity contribution in [2.75, 3.05) is 0 Å². The maximum Gasteiger partial charge on any atom is 0.00712 e. The Morgan fingerprint density at radius 2 is 1.55 bits per heavy atom. The molecule has 0 aliphatic heterocycles. The van der Waals surface area contributed by atoms with E-state index in [1.807, 2.05) is 47.6 Å². The van der Waals surface area contributed by atoms with Gasteiger partial charge in [0.25, 0.3) is 0 Å². The Bertz CT molecular complexity index is 82.9. The lowest BCUT2D eigenvalue weighted by atomic mass is 10.5. The Morgan fingerprint density at radius 3 is 1.64 bits per heavy atom. The zero-order valence-corrected chi connectivity index (χ0v) is 8.86. The molecular formula is C10H23N.